The molecule has 0 unspecified atom stereocenters. The van der Waals surface area contributed by atoms with Crippen LogP contribution in [-0.4, -0.2) is 21.3 Å². The van der Waals surface area contributed by atoms with Gasteiger partial charge in [-0.05, 0) is 45.5 Å². The van der Waals surface area contributed by atoms with Gasteiger partial charge >= 0.3 is 0 Å². The minimum atomic E-state index is -2.60. The molecule has 0 spiro atoms. The lowest BCUT2D eigenvalue weighted by Gasteiger charge is -2.40. The van der Waals surface area contributed by atoms with Crippen molar-refractivity contribution < 1.29 is 9.47 Å². The molecule has 3 heteroatoms. The van der Waals surface area contributed by atoms with Gasteiger partial charge in [0.1, 0.15) is 19.3 Å². The smallest absolute Gasteiger partial charge is 0.143 e. The van der Waals surface area contributed by atoms with E-state index >= 15 is 0 Å². The molecule has 57 heavy (non-hydrogen) atoms. The summed E-state index contributed by atoms with van der Waals surface area (Å²) in [6, 6.07) is 88.2. The lowest BCUT2D eigenvalue weighted by atomic mass is 9.80. The molecule has 0 aliphatic rings. The maximum absolute atomic E-state index is 7.54. The van der Waals surface area contributed by atoms with Gasteiger partial charge in [0, 0.05) is 13.2 Å². The summed E-state index contributed by atoms with van der Waals surface area (Å²) in [6.45, 7) is 1.08. The van der Waals surface area contributed by atoms with Gasteiger partial charge in [0.2, 0.25) is 0 Å². The van der Waals surface area contributed by atoms with E-state index < -0.39 is 19.3 Å². The fourth-order valence-electron chi connectivity index (χ4n) is 8.68. The summed E-state index contributed by atoms with van der Waals surface area (Å²) < 4.78 is 15.1. The van der Waals surface area contributed by atoms with Crippen molar-refractivity contribution >= 4 is 18.4 Å². The Hall–Kier alpha value is -6.10. The van der Waals surface area contributed by atoms with E-state index in [-0.39, 0.29) is 0 Å². The zero-order valence-electron chi connectivity index (χ0n) is 32.2. The second kappa shape index (κ2) is 17.8. The molecular formula is C54H48O2Si. The Morgan fingerprint density at radius 3 is 0.667 bits per heavy atom. The highest BCUT2D eigenvalue weighted by atomic mass is 28.3. The van der Waals surface area contributed by atoms with Gasteiger partial charge in [-0.3, -0.25) is 0 Å². The summed E-state index contributed by atoms with van der Waals surface area (Å²) in [4.78, 5) is 0. The molecule has 0 atom stereocenters. The van der Waals surface area contributed by atoms with Crippen molar-refractivity contribution in [3.05, 3.63) is 276 Å². The number of benzene rings is 8. The van der Waals surface area contributed by atoms with Crippen molar-refractivity contribution in [2.75, 3.05) is 13.2 Å². The van der Waals surface area contributed by atoms with Crippen molar-refractivity contribution in [3.63, 3.8) is 0 Å². The van der Waals surface area contributed by atoms with Crippen LogP contribution in [0.15, 0.2) is 243 Å². The van der Waals surface area contributed by atoms with Gasteiger partial charge in [0.25, 0.3) is 0 Å². The number of hydrogen-bond donors (Lipinski definition) is 0. The van der Waals surface area contributed by atoms with E-state index in [2.05, 4.69) is 243 Å². The van der Waals surface area contributed by atoms with Crippen LogP contribution in [0.4, 0.5) is 0 Å². The van der Waals surface area contributed by atoms with Crippen LogP contribution in [-0.2, 0) is 20.7 Å². The third kappa shape index (κ3) is 7.70. The Morgan fingerprint density at radius 1 is 0.263 bits per heavy atom. The molecule has 0 radical (unpaired) electrons. The molecule has 0 amide bonds. The Balaban J connectivity index is 1.23. The summed E-state index contributed by atoms with van der Waals surface area (Å²) in [5.74, 6) is 0. The van der Waals surface area contributed by atoms with Crippen LogP contribution in [0.2, 0.25) is 12.1 Å². The summed E-state index contributed by atoms with van der Waals surface area (Å²) in [7, 11) is -2.60. The summed E-state index contributed by atoms with van der Waals surface area (Å²) >= 11 is 0. The predicted molar refractivity (Wildman–Crippen MR) is 238 cm³/mol. The molecular weight excluding hydrogens is 709 g/mol. The molecule has 8 aromatic rings. The zero-order valence-corrected chi connectivity index (χ0v) is 33.2. The van der Waals surface area contributed by atoms with E-state index in [0.29, 0.717) is 13.2 Å². The molecule has 280 valence electrons. The standard InChI is InChI=1S/C54H48O2Si/c1-9-25-45(26-10-1)53(46-27-11-2-12-28-46,47-29-13-3-14-30-47)55-41-43-57(51-37-21-7-22-38-51,52-39-23-8-24-40-52)44-42-56-54(48-31-15-4-16-32-48,49-33-17-5-18-34-49)50-35-19-6-20-36-50/h1-40H,41-44H2. The molecule has 8 aromatic carbocycles. The fraction of sp³-hybridized carbons (Fsp3) is 0.111. The van der Waals surface area contributed by atoms with Gasteiger partial charge in [-0.2, -0.15) is 0 Å². The van der Waals surface area contributed by atoms with Gasteiger partial charge in [-0.1, -0.05) is 253 Å². The fourth-order valence-corrected chi connectivity index (χ4v) is 13.0. The molecule has 2 nitrogen and oxygen atoms in total. The van der Waals surface area contributed by atoms with E-state index in [1.807, 2.05) is 0 Å². The first-order valence-corrected chi connectivity index (χ1v) is 22.4. The van der Waals surface area contributed by atoms with Gasteiger partial charge in [0.15, 0.2) is 0 Å². The molecule has 8 rings (SSSR count). The van der Waals surface area contributed by atoms with Crippen molar-refractivity contribution in [1.82, 2.24) is 0 Å². The van der Waals surface area contributed by atoms with Crippen molar-refractivity contribution in [2.45, 2.75) is 23.3 Å². The monoisotopic (exact) mass is 756 g/mol. The largest absolute Gasteiger partial charge is 0.361 e. The molecule has 0 aliphatic carbocycles. The first kappa shape index (κ1) is 37.8. The van der Waals surface area contributed by atoms with Crippen LogP contribution in [0, 0.1) is 0 Å². The Kier molecular flexibility index (Phi) is 11.8. The third-order valence-corrected chi connectivity index (χ3v) is 16.4. The van der Waals surface area contributed by atoms with Crippen molar-refractivity contribution in [2.24, 2.45) is 0 Å². The normalized spacial score (nSPS) is 11.9. The average Bonchev–Trinajstić information content (AvgIpc) is 3.31. The van der Waals surface area contributed by atoms with E-state index in [4.69, 9.17) is 9.47 Å². The molecule has 0 aliphatic heterocycles. The van der Waals surface area contributed by atoms with Crippen LogP contribution in [0.25, 0.3) is 0 Å². The number of rotatable bonds is 16. The van der Waals surface area contributed by atoms with E-state index in [1.165, 1.54) is 10.4 Å². The first-order valence-electron chi connectivity index (χ1n) is 20.0. The molecule has 0 saturated heterocycles. The Morgan fingerprint density at radius 2 is 0.456 bits per heavy atom. The van der Waals surface area contributed by atoms with E-state index in [0.717, 1.165) is 45.5 Å². The van der Waals surface area contributed by atoms with Gasteiger partial charge in [-0.25, -0.2) is 0 Å². The topological polar surface area (TPSA) is 18.5 Å². The van der Waals surface area contributed by atoms with Crippen LogP contribution in [0.3, 0.4) is 0 Å². The highest BCUT2D eigenvalue weighted by Crippen LogP contribution is 2.43. The molecule has 0 heterocycles. The average molecular weight is 757 g/mol. The van der Waals surface area contributed by atoms with E-state index in [1.54, 1.807) is 0 Å². The van der Waals surface area contributed by atoms with Gasteiger partial charge < -0.3 is 9.47 Å². The van der Waals surface area contributed by atoms with Crippen LogP contribution < -0.4 is 10.4 Å². The maximum atomic E-state index is 7.54. The second-order valence-corrected chi connectivity index (χ2v) is 18.9. The Bertz CT molecular complexity index is 2010. The SMILES string of the molecule is c1ccc(C(OCC[Si](CCOC(c2ccccc2)(c2ccccc2)c2ccccc2)(c2ccccc2)c2ccccc2)(c2ccccc2)c2ccccc2)cc1. The third-order valence-electron chi connectivity index (χ3n) is 11.4. The highest BCUT2D eigenvalue weighted by Gasteiger charge is 2.43. The van der Waals surface area contributed by atoms with Crippen molar-refractivity contribution in [3.8, 4) is 0 Å². The summed E-state index contributed by atoms with van der Waals surface area (Å²) in [5.41, 5.74) is 5.03. The summed E-state index contributed by atoms with van der Waals surface area (Å²) in [5, 5.41) is 2.75. The minimum absolute atomic E-state index is 0.538. The van der Waals surface area contributed by atoms with Crippen LogP contribution in [0.1, 0.15) is 33.4 Å². The molecule has 0 fully saturated rings. The molecule has 0 saturated carbocycles. The maximum Gasteiger partial charge on any atom is 0.143 e. The van der Waals surface area contributed by atoms with Crippen LogP contribution >= 0.6 is 0 Å². The predicted octanol–water partition coefficient (Wildman–Crippen LogP) is 11.3. The first-order chi connectivity index (χ1) is 28.3. The van der Waals surface area contributed by atoms with Crippen molar-refractivity contribution in [1.29, 1.82) is 0 Å². The minimum Gasteiger partial charge on any atom is -0.361 e. The molecule has 0 N–H and O–H groups in total. The highest BCUT2D eigenvalue weighted by molar-refractivity contribution is 7.02. The zero-order chi connectivity index (χ0) is 38.6. The second-order valence-electron chi connectivity index (χ2n) is 14.6. The quantitative estimate of drug-likeness (QED) is 0.0722. The lowest BCUT2D eigenvalue weighted by Crippen LogP contribution is -2.59. The Labute approximate surface area is 339 Å². The lowest BCUT2D eigenvalue weighted by molar-refractivity contribution is 0.0181. The van der Waals surface area contributed by atoms with E-state index in [9.17, 15) is 0 Å². The number of ether oxygens (including phenoxy) is 2. The van der Waals surface area contributed by atoms with Gasteiger partial charge in [0.05, 0.1) is 0 Å². The summed E-state index contributed by atoms with van der Waals surface area (Å²) in [6.07, 6.45) is 0. The van der Waals surface area contributed by atoms with Gasteiger partial charge in [-0.15, -0.1) is 0 Å². The molecule has 0 bridgehead atoms. The number of hydrogen-bond acceptors (Lipinski definition) is 2. The molecule has 0 aromatic heterocycles. The van der Waals surface area contributed by atoms with Crippen LogP contribution in [0.5, 0.6) is 0 Å².